The second-order valence-electron chi connectivity index (χ2n) is 7.01. The lowest BCUT2D eigenvalue weighted by Crippen LogP contribution is -2.59. The molecule has 0 atom stereocenters. The average Bonchev–Trinajstić information content (AvgIpc) is 3.14. The molecule has 0 spiro atoms. The molecule has 1 saturated carbocycles. The van der Waals surface area contributed by atoms with Crippen molar-refractivity contribution in [2.75, 3.05) is 40.4 Å². The van der Waals surface area contributed by atoms with Gasteiger partial charge in [0.2, 0.25) is 5.91 Å². The molecule has 26 heavy (non-hydrogen) atoms. The average molecular weight is 361 g/mol. The van der Waals surface area contributed by atoms with Crippen molar-refractivity contribution in [1.82, 2.24) is 9.80 Å². The Kier molecular flexibility index (Phi) is 5.36. The smallest absolute Gasteiger partial charge is 0.257 e. The minimum atomic E-state index is -0.703. The first kappa shape index (κ1) is 18.5. The third-order valence-corrected chi connectivity index (χ3v) is 5.41. The number of hydrogen-bond donors (Lipinski definition) is 1. The van der Waals surface area contributed by atoms with Crippen molar-refractivity contribution in [1.29, 1.82) is 0 Å². The van der Waals surface area contributed by atoms with Gasteiger partial charge in [-0.2, -0.15) is 0 Å². The van der Waals surface area contributed by atoms with E-state index >= 15 is 0 Å². The Labute approximate surface area is 154 Å². The van der Waals surface area contributed by atoms with Crippen LogP contribution in [-0.4, -0.2) is 67.6 Å². The molecule has 3 rings (SSSR count). The zero-order valence-corrected chi connectivity index (χ0v) is 15.5. The number of nitrogens with zero attached hydrogens (tertiary/aromatic N) is 2. The largest absolute Gasteiger partial charge is 0.497 e. The van der Waals surface area contributed by atoms with Crippen molar-refractivity contribution < 1.29 is 19.1 Å². The molecule has 1 aliphatic carbocycles. The quantitative estimate of drug-likeness (QED) is 0.873. The molecule has 7 nitrogen and oxygen atoms in total. The van der Waals surface area contributed by atoms with Crippen molar-refractivity contribution >= 4 is 11.8 Å². The number of ether oxygens (including phenoxy) is 2. The van der Waals surface area contributed by atoms with Crippen molar-refractivity contribution in [2.45, 2.75) is 31.2 Å². The van der Waals surface area contributed by atoms with Crippen molar-refractivity contribution in [3.05, 3.63) is 23.8 Å². The molecular weight excluding hydrogens is 334 g/mol. The first-order valence-corrected chi connectivity index (χ1v) is 9.08. The second-order valence-corrected chi connectivity index (χ2v) is 7.01. The minimum absolute atomic E-state index is 0.0316. The van der Waals surface area contributed by atoms with Crippen molar-refractivity contribution in [2.24, 2.45) is 5.73 Å². The highest BCUT2D eigenvalue weighted by Crippen LogP contribution is 2.30. The highest BCUT2D eigenvalue weighted by molar-refractivity contribution is 5.97. The van der Waals surface area contributed by atoms with Crippen LogP contribution in [0.25, 0.3) is 0 Å². The zero-order valence-electron chi connectivity index (χ0n) is 15.5. The Balaban J connectivity index is 1.64. The normalized spacial score (nSPS) is 19.3. The van der Waals surface area contributed by atoms with Gasteiger partial charge in [-0.1, -0.05) is 12.8 Å². The predicted octanol–water partition coefficient (Wildman–Crippen LogP) is 1.26. The molecule has 1 heterocycles. The molecule has 142 valence electrons. The van der Waals surface area contributed by atoms with Gasteiger partial charge < -0.3 is 25.0 Å². The highest BCUT2D eigenvalue weighted by Gasteiger charge is 2.41. The van der Waals surface area contributed by atoms with Crippen LogP contribution in [0.5, 0.6) is 11.5 Å². The number of nitrogens with two attached hydrogens (primary N) is 1. The Morgan fingerprint density at radius 3 is 2.19 bits per heavy atom. The molecule has 0 bridgehead atoms. The molecule has 2 aliphatic rings. The first-order valence-electron chi connectivity index (χ1n) is 9.08. The van der Waals surface area contributed by atoms with E-state index in [9.17, 15) is 9.59 Å². The van der Waals surface area contributed by atoms with E-state index in [0.29, 0.717) is 43.2 Å². The van der Waals surface area contributed by atoms with Gasteiger partial charge in [-0.15, -0.1) is 0 Å². The number of benzene rings is 1. The Morgan fingerprint density at radius 2 is 1.62 bits per heavy atom. The standard InChI is InChI=1S/C19H27N3O4/c1-25-14-5-6-15(16(13-14)26-2)17(23)21-9-11-22(12-10-21)18(24)19(20)7-3-4-8-19/h5-6,13H,3-4,7-12,20H2,1-2H3. The molecule has 0 unspecified atom stereocenters. The van der Waals surface area contributed by atoms with Crippen LogP contribution in [0.4, 0.5) is 0 Å². The van der Waals surface area contributed by atoms with E-state index in [4.69, 9.17) is 15.2 Å². The molecule has 1 aromatic carbocycles. The summed E-state index contributed by atoms with van der Waals surface area (Å²) in [5.41, 5.74) is 6.08. The molecule has 1 saturated heterocycles. The number of carbonyl (C=O) groups is 2. The number of rotatable bonds is 4. The summed E-state index contributed by atoms with van der Waals surface area (Å²) in [7, 11) is 3.10. The van der Waals surface area contributed by atoms with E-state index in [2.05, 4.69) is 0 Å². The molecule has 1 aromatic rings. The van der Waals surface area contributed by atoms with Crippen LogP contribution in [0.2, 0.25) is 0 Å². The van der Waals surface area contributed by atoms with Gasteiger partial charge in [-0.25, -0.2) is 0 Å². The van der Waals surface area contributed by atoms with Gasteiger partial charge in [0, 0.05) is 32.2 Å². The third-order valence-electron chi connectivity index (χ3n) is 5.41. The molecule has 0 radical (unpaired) electrons. The molecule has 2 N–H and O–H groups in total. The van der Waals surface area contributed by atoms with E-state index < -0.39 is 5.54 Å². The van der Waals surface area contributed by atoms with Gasteiger partial charge in [0.1, 0.15) is 11.5 Å². The maximum absolute atomic E-state index is 12.9. The highest BCUT2D eigenvalue weighted by atomic mass is 16.5. The van der Waals surface area contributed by atoms with Gasteiger partial charge in [-0.3, -0.25) is 9.59 Å². The van der Waals surface area contributed by atoms with E-state index in [1.54, 1.807) is 35.1 Å². The SMILES string of the molecule is COc1ccc(C(=O)N2CCN(C(=O)C3(N)CCCC3)CC2)c(OC)c1. The lowest BCUT2D eigenvalue weighted by Gasteiger charge is -2.38. The van der Waals surface area contributed by atoms with Crippen LogP contribution < -0.4 is 15.2 Å². The summed E-state index contributed by atoms with van der Waals surface area (Å²) in [5.74, 6) is 1.06. The molecule has 2 amide bonds. The zero-order chi connectivity index (χ0) is 18.7. The van der Waals surface area contributed by atoms with Crippen molar-refractivity contribution in [3.8, 4) is 11.5 Å². The summed E-state index contributed by atoms with van der Waals surface area (Å²) < 4.78 is 10.5. The summed E-state index contributed by atoms with van der Waals surface area (Å²) in [5, 5.41) is 0. The van der Waals surface area contributed by atoms with Crippen LogP contribution in [0.15, 0.2) is 18.2 Å². The van der Waals surface area contributed by atoms with E-state index in [1.807, 2.05) is 0 Å². The van der Waals surface area contributed by atoms with Gasteiger partial charge >= 0.3 is 0 Å². The topological polar surface area (TPSA) is 85.1 Å². The maximum atomic E-state index is 12.9. The Bertz CT molecular complexity index is 677. The molecule has 7 heteroatoms. The number of carbonyl (C=O) groups excluding carboxylic acids is 2. The van der Waals surface area contributed by atoms with Gasteiger partial charge in [-0.05, 0) is 25.0 Å². The summed E-state index contributed by atoms with van der Waals surface area (Å²) >= 11 is 0. The van der Waals surface area contributed by atoms with Crippen LogP contribution >= 0.6 is 0 Å². The van der Waals surface area contributed by atoms with Gasteiger partial charge in [0.05, 0.1) is 25.3 Å². The second kappa shape index (κ2) is 7.53. The number of hydrogen-bond acceptors (Lipinski definition) is 5. The fourth-order valence-corrected chi connectivity index (χ4v) is 3.79. The predicted molar refractivity (Wildman–Crippen MR) is 97.4 cm³/mol. The maximum Gasteiger partial charge on any atom is 0.257 e. The van der Waals surface area contributed by atoms with Crippen LogP contribution in [0.1, 0.15) is 36.0 Å². The third kappa shape index (κ3) is 3.49. The van der Waals surface area contributed by atoms with E-state index in [1.165, 1.54) is 7.11 Å². The lowest BCUT2D eigenvalue weighted by atomic mass is 9.97. The van der Waals surface area contributed by atoms with Gasteiger partial charge in [0.25, 0.3) is 5.91 Å². The molecule has 1 aliphatic heterocycles. The number of amides is 2. The fourth-order valence-electron chi connectivity index (χ4n) is 3.79. The fraction of sp³-hybridized carbons (Fsp3) is 0.579. The van der Waals surface area contributed by atoms with E-state index in [0.717, 1.165) is 25.7 Å². The van der Waals surface area contributed by atoms with Crippen LogP contribution in [-0.2, 0) is 4.79 Å². The molecular formula is C19H27N3O4. The lowest BCUT2D eigenvalue weighted by molar-refractivity contribution is -0.138. The molecule has 0 aromatic heterocycles. The first-order chi connectivity index (χ1) is 12.5. The summed E-state index contributed by atoms with van der Waals surface area (Å²) in [6, 6.07) is 5.16. The van der Waals surface area contributed by atoms with Crippen molar-refractivity contribution in [3.63, 3.8) is 0 Å². The summed E-state index contributed by atoms with van der Waals surface area (Å²) in [6.07, 6.45) is 3.54. The van der Waals surface area contributed by atoms with Crippen LogP contribution in [0.3, 0.4) is 0 Å². The Hall–Kier alpha value is -2.28. The summed E-state index contributed by atoms with van der Waals surface area (Å²) in [4.78, 5) is 29.1. The van der Waals surface area contributed by atoms with E-state index in [-0.39, 0.29) is 11.8 Å². The van der Waals surface area contributed by atoms with Gasteiger partial charge in [0.15, 0.2) is 0 Å². The monoisotopic (exact) mass is 361 g/mol. The molecule has 2 fully saturated rings. The Morgan fingerprint density at radius 1 is 1.00 bits per heavy atom. The van der Waals surface area contributed by atoms with Crippen LogP contribution in [0, 0.1) is 0 Å². The number of methoxy groups -OCH3 is 2. The summed E-state index contributed by atoms with van der Waals surface area (Å²) in [6.45, 7) is 2.02. The minimum Gasteiger partial charge on any atom is -0.497 e. The number of piperazine rings is 1.